The lowest BCUT2D eigenvalue weighted by molar-refractivity contribution is 0.104. The third-order valence-electron chi connectivity index (χ3n) is 5.15. The summed E-state index contributed by atoms with van der Waals surface area (Å²) in [6, 6.07) is 18.3. The molecule has 0 atom stereocenters. The zero-order valence-corrected chi connectivity index (χ0v) is 18.5. The van der Waals surface area contributed by atoms with Crippen molar-refractivity contribution in [2.45, 2.75) is 4.90 Å². The number of anilines is 2. The van der Waals surface area contributed by atoms with Crippen molar-refractivity contribution in [3.8, 4) is 17.2 Å². The molecule has 0 radical (unpaired) electrons. The number of Topliss-reactive ketones (excluding diaryl/α,β-unsaturated/α-hetero) is 1. The van der Waals surface area contributed by atoms with E-state index < -0.39 is 15.6 Å². The summed E-state index contributed by atoms with van der Waals surface area (Å²) in [5.41, 5.74) is 1.27. The maximum Gasteiger partial charge on any atom is 0.214 e. The molecule has 164 valence electrons. The second-order valence-electron chi connectivity index (χ2n) is 6.93. The predicted molar refractivity (Wildman–Crippen MR) is 121 cm³/mol. The Balaban J connectivity index is 1.89. The molecule has 0 aliphatic carbocycles. The van der Waals surface area contributed by atoms with Crippen molar-refractivity contribution < 1.29 is 27.4 Å². The Labute approximate surface area is 186 Å². The summed E-state index contributed by atoms with van der Waals surface area (Å²) in [7, 11) is 0.426. The fourth-order valence-corrected chi connectivity index (χ4v) is 5.07. The van der Waals surface area contributed by atoms with Crippen LogP contribution in [0, 0.1) is 0 Å². The first-order valence-electron chi connectivity index (χ1n) is 9.66. The van der Waals surface area contributed by atoms with Crippen molar-refractivity contribution in [2.24, 2.45) is 0 Å². The molecule has 1 heterocycles. The fraction of sp³-hybridized carbons (Fsp3) is 0.125. The van der Waals surface area contributed by atoms with Gasteiger partial charge in [-0.15, -0.1) is 0 Å². The minimum atomic E-state index is -4.06. The van der Waals surface area contributed by atoms with Gasteiger partial charge in [0.1, 0.15) is 10.7 Å². The number of nitrogens with zero attached hydrogens (tertiary/aromatic N) is 1. The molecule has 32 heavy (non-hydrogen) atoms. The third kappa shape index (κ3) is 3.58. The first-order valence-corrected chi connectivity index (χ1v) is 11.1. The van der Waals surface area contributed by atoms with Gasteiger partial charge in [0.25, 0.3) is 0 Å². The Morgan fingerprint density at radius 3 is 2.28 bits per heavy atom. The van der Waals surface area contributed by atoms with Crippen LogP contribution in [0.15, 0.2) is 82.7 Å². The number of carbonyl (C=O) groups excluding carboxylic acids is 1. The van der Waals surface area contributed by atoms with Crippen LogP contribution in [0.2, 0.25) is 0 Å². The molecule has 0 fully saturated rings. The van der Waals surface area contributed by atoms with E-state index >= 15 is 0 Å². The molecule has 0 saturated heterocycles. The summed E-state index contributed by atoms with van der Waals surface area (Å²) in [6.07, 6.45) is 1.35. The van der Waals surface area contributed by atoms with Crippen LogP contribution in [0.5, 0.6) is 17.2 Å². The summed E-state index contributed by atoms with van der Waals surface area (Å²) < 4.78 is 42.6. The van der Waals surface area contributed by atoms with Gasteiger partial charge in [-0.2, -0.15) is 0 Å². The molecule has 1 aliphatic heterocycles. The van der Waals surface area contributed by atoms with E-state index in [1.165, 1.54) is 38.6 Å². The van der Waals surface area contributed by atoms with Gasteiger partial charge in [0.15, 0.2) is 11.5 Å². The van der Waals surface area contributed by atoms with E-state index in [9.17, 15) is 13.2 Å². The van der Waals surface area contributed by atoms with Crippen LogP contribution in [0.4, 0.5) is 11.4 Å². The Hall–Kier alpha value is -3.78. The van der Waals surface area contributed by atoms with Crippen molar-refractivity contribution in [2.75, 3.05) is 26.2 Å². The standard InChI is InChI=1S/C24H21NO6S/c1-29-18-8-6-7-17(14-18)25-15-23(32(27,28)22-10-5-4-9-19(22)25)24(26)16-11-12-20(30-2)21(13-16)31-3/h4-15H,1-3H3. The molecule has 3 aromatic carbocycles. The molecular weight excluding hydrogens is 430 g/mol. The quantitative estimate of drug-likeness (QED) is 0.515. The average molecular weight is 452 g/mol. The van der Waals surface area contributed by atoms with E-state index in [-0.39, 0.29) is 15.4 Å². The van der Waals surface area contributed by atoms with Gasteiger partial charge in [-0.05, 0) is 42.5 Å². The van der Waals surface area contributed by atoms with Gasteiger partial charge in [-0.1, -0.05) is 18.2 Å². The number of hydrogen-bond donors (Lipinski definition) is 0. The number of para-hydroxylation sites is 1. The summed E-state index contributed by atoms with van der Waals surface area (Å²) in [4.78, 5) is 14.8. The van der Waals surface area contributed by atoms with Gasteiger partial charge < -0.3 is 19.1 Å². The number of ketones is 1. The van der Waals surface area contributed by atoms with E-state index in [1.54, 1.807) is 54.5 Å². The van der Waals surface area contributed by atoms with Gasteiger partial charge in [-0.25, -0.2) is 8.42 Å². The molecule has 0 unspecified atom stereocenters. The summed E-state index contributed by atoms with van der Waals surface area (Å²) in [6.45, 7) is 0. The molecule has 4 rings (SSSR count). The zero-order valence-electron chi connectivity index (χ0n) is 17.7. The summed E-state index contributed by atoms with van der Waals surface area (Å²) in [5.74, 6) is 0.730. The molecular formula is C24H21NO6S. The molecule has 7 nitrogen and oxygen atoms in total. The lowest BCUT2D eigenvalue weighted by Gasteiger charge is -2.29. The predicted octanol–water partition coefficient (Wildman–Crippen LogP) is 4.36. The number of ether oxygens (including phenoxy) is 3. The SMILES string of the molecule is COc1cccc(N2C=C(C(=O)c3ccc(OC)c(OC)c3)S(=O)(=O)c3ccccc32)c1. The van der Waals surface area contributed by atoms with Crippen LogP contribution in [0.3, 0.4) is 0 Å². The third-order valence-corrected chi connectivity index (χ3v) is 6.95. The van der Waals surface area contributed by atoms with Gasteiger partial charge in [-0.3, -0.25) is 4.79 Å². The minimum absolute atomic E-state index is 0.0501. The maximum absolute atomic E-state index is 13.4. The molecule has 0 spiro atoms. The highest BCUT2D eigenvalue weighted by Gasteiger charge is 2.36. The van der Waals surface area contributed by atoms with Crippen molar-refractivity contribution in [1.29, 1.82) is 0 Å². The van der Waals surface area contributed by atoms with Crippen molar-refractivity contribution in [3.05, 3.63) is 83.4 Å². The number of fused-ring (bicyclic) bond motifs is 1. The van der Waals surface area contributed by atoms with Crippen LogP contribution in [-0.4, -0.2) is 35.5 Å². The molecule has 8 heteroatoms. The van der Waals surface area contributed by atoms with Crippen molar-refractivity contribution in [3.63, 3.8) is 0 Å². The van der Waals surface area contributed by atoms with Gasteiger partial charge in [0.05, 0.1) is 31.9 Å². The highest BCUT2D eigenvalue weighted by atomic mass is 32.2. The normalized spacial score (nSPS) is 14.2. The molecule has 0 aromatic heterocycles. The number of rotatable bonds is 6. The maximum atomic E-state index is 13.4. The highest BCUT2D eigenvalue weighted by molar-refractivity contribution is 7.96. The molecule has 3 aromatic rings. The first-order chi connectivity index (χ1) is 15.4. The molecule has 1 aliphatic rings. The second kappa shape index (κ2) is 8.39. The van der Waals surface area contributed by atoms with E-state index in [0.717, 1.165) is 0 Å². The van der Waals surface area contributed by atoms with Crippen molar-refractivity contribution >= 4 is 27.0 Å². The first kappa shape index (κ1) is 21.5. The molecule has 0 N–H and O–H groups in total. The number of benzene rings is 3. The Bertz CT molecular complexity index is 1330. The largest absolute Gasteiger partial charge is 0.497 e. The molecule has 0 bridgehead atoms. The fourth-order valence-electron chi connectivity index (χ4n) is 3.53. The van der Waals surface area contributed by atoms with Crippen LogP contribution in [0.25, 0.3) is 0 Å². The van der Waals surface area contributed by atoms with E-state index in [2.05, 4.69) is 0 Å². The lowest BCUT2D eigenvalue weighted by Crippen LogP contribution is -2.25. The van der Waals surface area contributed by atoms with Gasteiger partial charge >= 0.3 is 0 Å². The monoisotopic (exact) mass is 451 g/mol. The highest BCUT2D eigenvalue weighted by Crippen LogP contribution is 2.41. The number of carbonyl (C=O) groups is 1. The topological polar surface area (TPSA) is 82.1 Å². The average Bonchev–Trinajstić information content (AvgIpc) is 2.83. The number of sulfone groups is 1. The summed E-state index contributed by atoms with van der Waals surface area (Å²) in [5, 5.41) is 0. The van der Waals surface area contributed by atoms with Crippen LogP contribution in [-0.2, 0) is 9.84 Å². The van der Waals surface area contributed by atoms with E-state index in [4.69, 9.17) is 14.2 Å². The number of allylic oxidation sites excluding steroid dienone is 1. The Morgan fingerprint density at radius 1 is 0.812 bits per heavy atom. The zero-order chi connectivity index (χ0) is 22.9. The summed E-state index contributed by atoms with van der Waals surface area (Å²) >= 11 is 0. The van der Waals surface area contributed by atoms with Gasteiger partial charge in [0, 0.05) is 23.5 Å². The molecule has 0 amide bonds. The number of hydrogen-bond acceptors (Lipinski definition) is 7. The Morgan fingerprint density at radius 2 is 1.56 bits per heavy atom. The number of methoxy groups -OCH3 is 3. The van der Waals surface area contributed by atoms with E-state index in [0.29, 0.717) is 28.6 Å². The minimum Gasteiger partial charge on any atom is -0.497 e. The Kier molecular flexibility index (Phi) is 5.63. The van der Waals surface area contributed by atoms with Crippen LogP contribution >= 0.6 is 0 Å². The van der Waals surface area contributed by atoms with Gasteiger partial charge in [0.2, 0.25) is 15.6 Å². The van der Waals surface area contributed by atoms with Crippen LogP contribution < -0.4 is 19.1 Å². The van der Waals surface area contributed by atoms with Crippen molar-refractivity contribution in [1.82, 2.24) is 0 Å². The lowest BCUT2D eigenvalue weighted by atomic mass is 10.1. The van der Waals surface area contributed by atoms with Crippen LogP contribution in [0.1, 0.15) is 10.4 Å². The molecule has 0 saturated carbocycles. The smallest absolute Gasteiger partial charge is 0.214 e. The van der Waals surface area contributed by atoms with E-state index in [1.807, 2.05) is 6.07 Å². The second-order valence-corrected chi connectivity index (χ2v) is 8.82.